The molecule has 2 rings (SSSR count). The summed E-state index contributed by atoms with van der Waals surface area (Å²) < 4.78 is 0. The predicted octanol–water partition coefficient (Wildman–Crippen LogP) is 4.09. The van der Waals surface area contributed by atoms with Gasteiger partial charge in [-0.3, -0.25) is 0 Å². The number of benzene rings is 2. The van der Waals surface area contributed by atoms with E-state index in [1.54, 1.807) is 30.3 Å². The number of phenolic OH excluding ortho intramolecular Hbond substituents is 1. The lowest BCUT2D eigenvalue weighted by atomic mass is 10.1. The zero-order valence-electron chi connectivity index (χ0n) is 10.4. The second-order valence-electron chi connectivity index (χ2n) is 4.23. The molecule has 0 fully saturated rings. The van der Waals surface area contributed by atoms with E-state index < -0.39 is 0 Å². The van der Waals surface area contributed by atoms with Crippen molar-refractivity contribution in [2.45, 2.75) is 13.0 Å². The number of aromatic hydroxyl groups is 1. The van der Waals surface area contributed by atoms with E-state index in [2.05, 4.69) is 5.32 Å². The number of nitrogens with zero attached hydrogens (tertiary/aromatic N) is 1. The molecule has 19 heavy (non-hydrogen) atoms. The van der Waals surface area contributed by atoms with Crippen molar-refractivity contribution in [3.63, 3.8) is 0 Å². The van der Waals surface area contributed by atoms with Crippen LogP contribution in [0.4, 0.5) is 5.69 Å². The Balaban J connectivity index is 2.20. The van der Waals surface area contributed by atoms with Gasteiger partial charge >= 0.3 is 0 Å². The van der Waals surface area contributed by atoms with E-state index in [-0.39, 0.29) is 11.8 Å². The molecule has 0 spiro atoms. The smallest absolute Gasteiger partial charge is 0.120 e. The average molecular weight is 273 g/mol. The maximum atomic E-state index is 9.79. The number of hydrogen-bond donors (Lipinski definition) is 2. The standard InChI is InChI=1S/C15H13ClN2O/c1-10(13-4-2-3-5-15(13)19)18-12-7-6-11(9-17)14(16)8-12/h2-8,10,18-19H,1H3. The van der Waals surface area contributed by atoms with Crippen molar-refractivity contribution in [2.75, 3.05) is 5.32 Å². The van der Waals surface area contributed by atoms with Gasteiger partial charge in [0.25, 0.3) is 0 Å². The minimum atomic E-state index is -0.0646. The largest absolute Gasteiger partial charge is 0.508 e. The number of para-hydroxylation sites is 1. The first-order valence-corrected chi connectivity index (χ1v) is 6.23. The summed E-state index contributed by atoms with van der Waals surface area (Å²) in [5.74, 6) is 0.252. The van der Waals surface area contributed by atoms with Crippen LogP contribution in [0, 0.1) is 11.3 Å². The summed E-state index contributed by atoms with van der Waals surface area (Å²) in [5.41, 5.74) is 2.06. The summed E-state index contributed by atoms with van der Waals surface area (Å²) in [6.07, 6.45) is 0. The molecule has 1 atom stereocenters. The topological polar surface area (TPSA) is 56.0 Å². The van der Waals surface area contributed by atoms with Crippen LogP contribution >= 0.6 is 11.6 Å². The van der Waals surface area contributed by atoms with Gasteiger partial charge in [0.15, 0.2) is 0 Å². The van der Waals surface area contributed by atoms with Crippen LogP contribution in [-0.2, 0) is 0 Å². The number of anilines is 1. The quantitative estimate of drug-likeness (QED) is 0.885. The van der Waals surface area contributed by atoms with Gasteiger partial charge in [0, 0.05) is 11.3 Å². The lowest BCUT2D eigenvalue weighted by molar-refractivity contribution is 0.465. The molecule has 0 aliphatic heterocycles. The van der Waals surface area contributed by atoms with E-state index >= 15 is 0 Å². The van der Waals surface area contributed by atoms with Crippen LogP contribution in [0.25, 0.3) is 0 Å². The summed E-state index contributed by atoms with van der Waals surface area (Å²) in [6, 6.07) is 14.3. The normalized spacial score (nSPS) is 11.6. The first-order chi connectivity index (χ1) is 9.11. The van der Waals surface area contributed by atoms with Gasteiger partial charge in [0.1, 0.15) is 11.8 Å². The molecule has 0 heterocycles. The molecule has 96 valence electrons. The third-order valence-electron chi connectivity index (χ3n) is 2.88. The van der Waals surface area contributed by atoms with Gasteiger partial charge in [-0.05, 0) is 31.2 Å². The van der Waals surface area contributed by atoms with Crippen molar-refractivity contribution >= 4 is 17.3 Å². The molecule has 0 bridgehead atoms. The molecule has 4 heteroatoms. The van der Waals surface area contributed by atoms with E-state index in [9.17, 15) is 5.11 Å². The van der Waals surface area contributed by atoms with Gasteiger partial charge in [0.05, 0.1) is 16.6 Å². The minimum absolute atomic E-state index is 0.0646. The Morgan fingerprint density at radius 1 is 1.26 bits per heavy atom. The Kier molecular flexibility index (Phi) is 3.94. The fraction of sp³-hybridized carbons (Fsp3) is 0.133. The SMILES string of the molecule is CC(Nc1ccc(C#N)c(Cl)c1)c1ccccc1O. The van der Waals surface area contributed by atoms with Gasteiger partial charge in [-0.2, -0.15) is 5.26 Å². The minimum Gasteiger partial charge on any atom is -0.508 e. The van der Waals surface area contributed by atoms with Crippen molar-refractivity contribution < 1.29 is 5.11 Å². The van der Waals surface area contributed by atoms with Gasteiger partial charge in [-0.1, -0.05) is 29.8 Å². The number of rotatable bonds is 3. The maximum absolute atomic E-state index is 9.79. The fourth-order valence-corrected chi connectivity index (χ4v) is 2.10. The molecular formula is C15H13ClN2O. The Morgan fingerprint density at radius 3 is 2.63 bits per heavy atom. The number of phenols is 1. The molecule has 0 amide bonds. The number of hydrogen-bond acceptors (Lipinski definition) is 3. The first kappa shape index (κ1) is 13.3. The van der Waals surface area contributed by atoms with Crippen LogP contribution in [0.2, 0.25) is 5.02 Å². The molecule has 2 N–H and O–H groups in total. The van der Waals surface area contributed by atoms with Crippen LogP contribution in [0.3, 0.4) is 0 Å². The van der Waals surface area contributed by atoms with Crippen molar-refractivity contribution in [3.8, 4) is 11.8 Å². The maximum Gasteiger partial charge on any atom is 0.120 e. The fourth-order valence-electron chi connectivity index (χ4n) is 1.88. The van der Waals surface area contributed by atoms with Crippen LogP contribution in [0.15, 0.2) is 42.5 Å². The Hall–Kier alpha value is -2.18. The Bertz CT molecular complexity index is 634. The summed E-state index contributed by atoms with van der Waals surface area (Å²) in [4.78, 5) is 0. The van der Waals surface area contributed by atoms with E-state index in [0.29, 0.717) is 10.6 Å². The lowest BCUT2D eigenvalue weighted by Gasteiger charge is -2.17. The first-order valence-electron chi connectivity index (χ1n) is 5.86. The molecule has 1 unspecified atom stereocenters. The molecule has 2 aromatic rings. The summed E-state index contributed by atoms with van der Waals surface area (Å²) in [7, 11) is 0. The van der Waals surface area contributed by atoms with Crippen molar-refractivity contribution in [1.29, 1.82) is 5.26 Å². The Labute approximate surface area is 117 Å². The lowest BCUT2D eigenvalue weighted by Crippen LogP contribution is -2.06. The van der Waals surface area contributed by atoms with Gasteiger partial charge in [-0.15, -0.1) is 0 Å². The van der Waals surface area contributed by atoms with E-state index in [0.717, 1.165) is 11.3 Å². The monoisotopic (exact) mass is 272 g/mol. The third-order valence-corrected chi connectivity index (χ3v) is 3.19. The summed E-state index contributed by atoms with van der Waals surface area (Å²) in [5, 5.41) is 22.3. The van der Waals surface area contributed by atoms with E-state index in [1.807, 2.05) is 25.1 Å². The second-order valence-corrected chi connectivity index (χ2v) is 4.64. The Morgan fingerprint density at radius 2 is 2.00 bits per heavy atom. The zero-order valence-corrected chi connectivity index (χ0v) is 11.1. The van der Waals surface area contributed by atoms with Gasteiger partial charge in [-0.25, -0.2) is 0 Å². The molecule has 0 aromatic heterocycles. The van der Waals surface area contributed by atoms with Crippen molar-refractivity contribution in [3.05, 3.63) is 58.6 Å². The predicted molar refractivity (Wildman–Crippen MR) is 76.3 cm³/mol. The molecule has 0 aliphatic rings. The summed E-state index contributed by atoms with van der Waals surface area (Å²) >= 11 is 5.98. The van der Waals surface area contributed by atoms with E-state index in [1.165, 1.54) is 0 Å². The highest BCUT2D eigenvalue weighted by Crippen LogP contribution is 2.28. The van der Waals surface area contributed by atoms with E-state index in [4.69, 9.17) is 16.9 Å². The highest BCUT2D eigenvalue weighted by Gasteiger charge is 2.10. The van der Waals surface area contributed by atoms with Crippen molar-refractivity contribution in [2.24, 2.45) is 0 Å². The molecule has 0 aliphatic carbocycles. The average Bonchev–Trinajstić information content (AvgIpc) is 2.39. The molecular weight excluding hydrogens is 260 g/mol. The molecule has 0 saturated carbocycles. The number of nitriles is 1. The highest BCUT2D eigenvalue weighted by molar-refractivity contribution is 6.32. The van der Waals surface area contributed by atoms with Gasteiger partial charge in [0.2, 0.25) is 0 Å². The second kappa shape index (κ2) is 5.64. The van der Waals surface area contributed by atoms with Crippen LogP contribution < -0.4 is 5.32 Å². The number of halogens is 1. The van der Waals surface area contributed by atoms with Crippen LogP contribution in [-0.4, -0.2) is 5.11 Å². The van der Waals surface area contributed by atoms with Crippen molar-refractivity contribution in [1.82, 2.24) is 0 Å². The third kappa shape index (κ3) is 2.98. The van der Waals surface area contributed by atoms with Gasteiger partial charge < -0.3 is 10.4 Å². The molecule has 0 saturated heterocycles. The van der Waals surface area contributed by atoms with Crippen LogP contribution in [0.5, 0.6) is 5.75 Å². The number of nitrogens with one attached hydrogen (secondary N) is 1. The van der Waals surface area contributed by atoms with Crippen LogP contribution in [0.1, 0.15) is 24.1 Å². The zero-order chi connectivity index (χ0) is 13.8. The highest BCUT2D eigenvalue weighted by atomic mass is 35.5. The molecule has 3 nitrogen and oxygen atoms in total. The molecule has 2 aromatic carbocycles. The summed E-state index contributed by atoms with van der Waals surface area (Å²) in [6.45, 7) is 1.95. The molecule has 0 radical (unpaired) electrons.